The third-order valence-electron chi connectivity index (χ3n) is 2.78. The van der Waals surface area contributed by atoms with Gasteiger partial charge < -0.3 is 10.1 Å². The molecule has 0 aliphatic heterocycles. The molecule has 4 nitrogen and oxygen atoms in total. The molecule has 1 amide bonds. The van der Waals surface area contributed by atoms with E-state index in [0.717, 1.165) is 12.2 Å². The van der Waals surface area contributed by atoms with Crippen molar-refractivity contribution < 1.29 is 9.53 Å². The summed E-state index contributed by atoms with van der Waals surface area (Å²) in [5.74, 6) is 0.566. The van der Waals surface area contributed by atoms with Crippen LogP contribution < -0.4 is 15.4 Å². The normalized spacial score (nSPS) is 10.3. The van der Waals surface area contributed by atoms with Crippen LogP contribution in [0.25, 0.3) is 0 Å². The van der Waals surface area contributed by atoms with Gasteiger partial charge in [0.05, 0.1) is 6.61 Å². The molecule has 5 heteroatoms. The van der Waals surface area contributed by atoms with Crippen LogP contribution in [0.1, 0.15) is 50.4 Å². The second kappa shape index (κ2) is 9.34. The van der Waals surface area contributed by atoms with Crippen LogP contribution >= 0.6 is 12.2 Å². The van der Waals surface area contributed by atoms with Crippen LogP contribution in [0.15, 0.2) is 24.3 Å². The summed E-state index contributed by atoms with van der Waals surface area (Å²) in [5, 5.41) is 5.96. The Kier molecular flexibility index (Phi) is 7.75. The van der Waals surface area contributed by atoms with E-state index in [0.29, 0.717) is 17.3 Å². The van der Waals surface area contributed by atoms with Gasteiger partial charge in [-0.1, -0.05) is 19.8 Å². The minimum atomic E-state index is -0.217. The summed E-state index contributed by atoms with van der Waals surface area (Å²) in [6, 6.07) is 7.28. The molecule has 116 valence electrons. The highest BCUT2D eigenvalue weighted by atomic mass is 32.1. The van der Waals surface area contributed by atoms with E-state index in [4.69, 9.17) is 17.0 Å². The van der Waals surface area contributed by atoms with E-state index >= 15 is 0 Å². The zero-order valence-electron chi connectivity index (χ0n) is 12.9. The van der Waals surface area contributed by atoms with Crippen molar-refractivity contribution >= 4 is 23.2 Å². The monoisotopic (exact) mass is 308 g/mol. The molecule has 0 saturated heterocycles. The Labute approximate surface area is 132 Å². The maximum absolute atomic E-state index is 12.0. The fourth-order valence-electron chi connectivity index (χ4n) is 1.72. The summed E-state index contributed by atoms with van der Waals surface area (Å²) < 4.78 is 5.61. The van der Waals surface area contributed by atoms with Gasteiger partial charge in [0.2, 0.25) is 0 Å². The average molecular weight is 308 g/mol. The smallest absolute Gasteiger partial charge is 0.257 e. The third kappa shape index (κ3) is 7.09. The van der Waals surface area contributed by atoms with Gasteiger partial charge in [0.25, 0.3) is 5.91 Å². The lowest BCUT2D eigenvalue weighted by Crippen LogP contribution is -2.42. The minimum absolute atomic E-state index is 0.191. The van der Waals surface area contributed by atoms with Gasteiger partial charge in [-0.2, -0.15) is 0 Å². The molecule has 1 rings (SSSR count). The SMILES string of the molecule is CCCCCOc1ccc(C(=O)NC(=S)NC(C)C)cc1. The second-order valence-electron chi connectivity index (χ2n) is 5.16. The van der Waals surface area contributed by atoms with Gasteiger partial charge in [0.15, 0.2) is 5.11 Å². The first-order valence-electron chi connectivity index (χ1n) is 7.37. The number of carbonyl (C=O) groups is 1. The van der Waals surface area contributed by atoms with Crippen LogP contribution in [-0.2, 0) is 0 Å². The van der Waals surface area contributed by atoms with Gasteiger partial charge in [-0.25, -0.2) is 0 Å². The zero-order chi connectivity index (χ0) is 15.7. The standard InChI is InChI=1S/C16H24N2O2S/c1-4-5-6-11-20-14-9-7-13(8-10-14)15(19)18-16(21)17-12(2)3/h7-10,12H,4-6,11H2,1-3H3,(H2,17,18,19,21). The quantitative estimate of drug-likeness (QED) is 0.599. The van der Waals surface area contributed by atoms with E-state index in [1.54, 1.807) is 24.3 Å². The summed E-state index contributed by atoms with van der Waals surface area (Å²) >= 11 is 5.05. The van der Waals surface area contributed by atoms with Crippen LogP contribution in [0.3, 0.4) is 0 Å². The molecule has 0 aromatic heterocycles. The number of unbranched alkanes of at least 4 members (excludes halogenated alkanes) is 2. The molecular weight excluding hydrogens is 284 g/mol. The van der Waals surface area contributed by atoms with Crippen molar-refractivity contribution in [1.29, 1.82) is 0 Å². The molecule has 0 bridgehead atoms. The second-order valence-corrected chi connectivity index (χ2v) is 5.57. The van der Waals surface area contributed by atoms with Gasteiger partial charge in [-0.3, -0.25) is 10.1 Å². The molecule has 0 radical (unpaired) electrons. The molecule has 1 aromatic carbocycles. The van der Waals surface area contributed by atoms with Crippen LogP contribution in [0.5, 0.6) is 5.75 Å². The number of carbonyl (C=O) groups excluding carboxylic acids is 1. The van der Waals surface area contributed by atoms with Crippen LogP contribution in [0.2, 0.25) is 0 Å². The predicted octanol–water partition coefficient (Wildman–Crippen LogP) is 3.27. The highest BCUT2D eigenvalue weighted by Gasteiger charge is 2.08. The lowest BCUT2D eigenvalue weighted by atomic mass is 10.2. The van der Waals surface area contributed by atoms with Crippen molar-refractivity contribution in [2.24, 2.45) is 0 Å². The van der Waals surface area contributed by atoms with Gasteiger partial charge in [-0.05, 0) is 56.8 Å². The minimum Gasteiger partial charge on any atom is -0.494 e. The van der Waals surface area contributed by atoms with Gasteiger partial charge in [-0.15, -0.1) is 0 Å². The van der Waals surface area contributed by atoms with E-state index in [1.807, 2.05) is 13.8 Å². The number of hydrogen-bond acceptors (Lipinski definition) is 3. The number of amides is 1. The largest absolute Gasteiger partial charge is 0.494 e. The Morgan fingerprint density at radius 3 is 2.48 bits per heavy atom. The summed E-state index contributed by atoms with van der Waals surface area (Å²) in [5.41, 5.74) is 0.559. The Bertz CT molecular complexity index is 458. The molecule has 0 atom stereocenters. The maximum Gasteiger partial charge on any atom is 0.257 e. The van der Waals surface area contributed by atoms with E-state index in [9.17, 15) is 4.79 Å². The molecule has 2 N–H and O–H groups in total. The highest BCUT2D eigenvalue weighted by molar-refractivity contribution is 7.80. The van der Waals surface area contributed by atoms with Crippen molar-refractivity contribution in [3.05, 3.63) is 29.8 Å². The van der Waals surface area contributed by atoms with Gasteiger partial charge >= 0.3 is 0 Å². The summed E-state index contributed by atoms with van der Waals surface area (Å²) in [6.45, 7) is 6.79. The van der Waals surface area contributed by atoms with Crippen LogP contribution in [0.4, 0.5) is 0 Å². The van der Waals surface area contributed by atoms with E-state index in [1.165, 1.54) is 12.8 Å². The van der Waals surface area contributed by atoms with Crippen molar-refractivity contribution in [3.63, 3.8) is 0 Å². The molecule has 0 saturated carbocycles. The molecule has 0 heterocycles. The Morgan fingerprint density at radius 1 is 1.24 bits per heavy atom. The first kappa shape index (κ1) is 17.4. The predicted molar refractivity (Wildman–Crippen MR) is 89.8 cm³/mol. The fourth-order valence-corrected chi connectivity index (χ4v) is 2.05. The summed E-state index contributed by atoms with van der Waals surface area (Å²) in [6.07, 6.45) is 3.39. The number of thiocarbonyl (C=S) groups is 1. The number of hydrogen-bond donors (Lipinski definition) is 2. The maximum atomic E-state index is 12.0. The molecule has 0 aliphatic rings. The van der Waals surface area contributed by atoms with Crippen molar-refractivity contribution in [2.75, 3.05) is 6.61 Å². The Hall–Kier alpha value is -1.62. The molecule has 0 spiro atoms. The fraction of sp³-hybridized carbons (Fsp3) is 0.500. The Balaban J connectivity index is 2.45. The first-order chi connectivity index (χ1) is 10.0. The van der Waals surface area contributed by atoms with Crippen molar-refractivity contribution in [1.82, 2.24) is 10.6 Å². The highest BCUT2D eigenvalue weighted by Crippen LogP contribution is 2.13. The molecular formula is C16H24N2O2S. The van der Waals surface area contributed by atoms with Crippen molar-refractivity contribution in [3.8, 4) is 5.75 Å². The number of nitrogens with one attached hydrogen (secondary N) is 2. The molecule has 21 heavy (non-hydrogen) atoms. The molecule has 0 unspecified atom stereocenters. The number of benzene rings is 1. The molecule has 1 aromatic rings. The van der Waals surface area contributed by atoms with Gasteiger partial charge in [0.1, 0.15) is 5.75 Å². The third-order valence-corrected chi connectivity index (χ3v) is 3.00. The van der Waals surface area contributed by atoms with E-state index < -0.39 is 0 Å². The number of ether oxygens (including phenoxy) is 1. The number of rotatable bonds is 7. The van der Waals surface area contributed by atoms with Crippen molar-refractivity contribution in [2.45, 2.75) is 46.1 Å². The summed E-state index contributed by atoms with van der Waals surface area (Å²) in [7, 11) is 0. The van der Waals surface area contributed by atoms with E-state index in [-0.39, 0.29) is 11.9 Å². The zero-order valence-corrected chi connectivity index (χ0v) is 13.8. The van der Waals surface area contributed by atoms with E-state index in [2.05, 4.69) is 17.6 Å². The Morgan fingerprint density at radius 2 is 1.90 bits per heavy atom. The molecule has 0 fully saturated rings. The molecule has 0 aliphatic carbocycles. The van der Waals surface area contributed by atoms with Crippen LogP contribution in [-0.4, -0.2) is 23.7 Å². The summed E-state index contributed by atoms with van der Waals surface area (Å²) in [4.78, 5) is 12.0. The first-order valence-corrected chi connectivity index (χ1v) is 7.78. The lowest BCUT2D eigenvalue weighted by molar-refractivity contribution is 0.0976. The lowest BCUT2D eigenvalue weighted by Gasteiger charge is -2.12. The average Bonchev–Trinajstić information content (AvgIpc) is 2.43. The topological polar surface area (TPSA) is 50.4 Å². The van der Waals surface area contributed by atoms with Gasteiger partial charge in [0, 0.05) is 11.6 Å². The van der Waals surface area contributed by atoms with Crippen LogP contribution in [0, 0.1) is 0 Å².